The van der Waals surface area contributed by atoms with Gasteiger partial charge in [-0.15, -0.1) is 0 Å². The molecule has 2 amide bonds. The standard InChI is InChI=1S/C28H49N3O3/c1-4-5-6-7-8-9-10-11-12-13-14-20-27(30-24-32)26-19-16-15-18-25(26)23-34-28(33)29-21-17-22-31(2)3/h15-16,18-19,24,27H,4-14,17,20-23H2,1-3H3,(H,29,33)(H,30,32). The summed E-state index contributed by atoms with van der Waals surface area (Å²) in [6, 6.07) is 7.85. The lowest BCUT2D eigenvalue weighted by Crippen LogP contribution is -2.28. The van der Waals surface area contributed by atoms with E-state index >= 15 is 0 Å². The Balaban J connectivity index is 2.36. The summed E-state index contributed by atoms with van der Waals surface area (Å²) in [5.41, 5.74) is 1.97. The van der Waals surface area contributed by atoms with E-state index in [1.54, 1.807) is 0 Å². The van der Waals surface area contributed by atoms with Gasteiger partial charge in [-0.3, -0.25) is 4.79 Å². The van der Waals surface area contributed by atoms with E-state index < -0.39 is 6.09 Å². The number of ether oxygens (including phenoxy) is 1. The third-order valence-corrected chi connectivity index (χ3v) is 6.21. The van der Waals surface area contributed by atoms with Gasteiger partial charge in [-0.25, -0.2) is 4.79 Å². The summed E-state index contributed by atoms with van der Waals surface area (Å²) in [5.74, 6) is 0. The lowest BCUT2D eigenvalue weighted by atomic mass is 9.95. The van der Waals surface area contributed by atoms with Crippen molar-refractivity contribution in [3.63, 3.8) is 0 Å². The summed E-state index contributed by atoms with van der Waals surface area (Å²) in [6.07, 6.45) is 16.5. The third kappa shape index (κ3) is 14.9. The largest absolute Gasteiger partial charge is 0.445 e. The molecular weight excluding hydrogens is 426 g/mol. The molecule has 0 radical (unpaired) electrons. The summed E-state index contributed by atoms with van der Waals surface area (Å²) in [4.78, 5) is 25.4. The molecule has 2 N–H and O–H groups in total. The molecule has 0 aliphatic heterocycles. The number of amides is 2. The number of nitrogens with one attached hydrogen (secondary N) is 2. The average molecular weight is 476 g/mol. The summed E-state index contributed by atoms with van der Waals surface area (Å²) in [5, 5.41) is 5.77. The van der Waals surface area contributed by atoms with Crippen LogP contribution in [-0.4, -0.2) is 44.6 Å². The maximum atomic E-state index is 12.0. The zero-order valence-corrected chi connectivity index (χ0v) is 21.9. The lowest BCUT2D eigenvalue weighted by Gasteiger charge is -2.20. The summed E-state index contributed by atoms with van der Waals surface area (Å²) < 4.78 is 5.44. The van der Waals surface area contributed by atoms with Gasteiger partial charge in [-0.1, -0.05) is 102 Å². The van der Waals surface area contributed by atoms with Gasteiger partial charge in [0.05, 0.1) is 6.04 Å². The van der Waals surface area contributed by atoms with Crippen molar-refractivity contribution < 1.29 is 14.3 Å². The van der Waals surface area contributed by atoms with E-state index in [9.17, 15) is 9.59 Å². The second kappa shape index (κ2) is 20.3. The molecule has 0 fully saturated rings. The van der Waals surface area contributed by atoms with Gasteiger partial charge in [0.25, 0.3) is 0 Å². The van der Waals surface area contributed by atoms with Crippen molar-refractivity contribution in [2.75, 3.05) is 27.2 Å². The highest BCUT2D eigenvalue weighted by molar-refractivity contribution is 5.67. The molecule has 1 aromatic rings. The van der Waals surface area contributed by atoms with Crippen molar-refractivity contribution in [1.82, 2.24) is 15.5 Å². The second-order valence-corrected chi connectivity index (χ2v) is 9.52. The Morgan fingerprint density at radius 3 is 2.18 bits per heavy atom. The van der Waals surface area contributed by atoms with Gasteiger partial charge in [0, 0.05) is 6.54 Å². The molecular formula is C28H49N3O3. The number of nitrogens with zero attached hydrogens (tertiary/aromatic N) is 1. The minimum Gasteiger partial charge on any atom is -0.445 e. The Labute approximate surface area is 208 Å². The van der Waals surface area contributed by atoms with Crippen LogP contribution >= 0.6 is 0 Å². The van der Waals surface area contributed by atoms with E-state index in [2.05, 4.69) is 22.5 Å². The number of benzene rings is 1. The molecule has 1 rings (SSSR count). The fourth-order valence-corrected chi connectivity index (χ4v) is 4.21. The van der Waals surface area contributed by atoms with E-state index in [-0.39, 0.29) is 12.6 Å². The number of hydrogen-bond acceptors (Lipinski definition) is 4. The van der Waals surface area contributed by atoms with Crippen LogP contribution < -0.4 is 10.6 Å². The van der Waals surface area contributed by atoms with Crippen LogP contribution in [0.1, 0.15) is 108 Å². The number of alkyl carbamates (subject to hydrolysis) is 1. The lowest BCUT2D eigenvalue weighted by molar-refractivity contribution is -0.110. The molecule has 0 saturated heterocycles. The summed E-state index contributed by atoms with van der Waals surface area (Å²) >= 11 is 0. The van der Waals surface area contributed by atoms with Crippen LogP contribution in [-0.2, 0) is 16.1 Å². The first-order chi connectivity index (χ1) is 16.6. The van der Waals surface area contributed by atoms with Crippen molar-refractivity contribution in [3.8, 4) is 0 Å². The monoisotopic (exact) mass is 475 g/mol. The van der Waals surface area contributed by atoms with Gasteiger partial charge in [0.1, 0.15) is 6.61 Å². The quantitative estimate of drug-likeness (QED) is 0.160. The molecule has 0 aliphatic rings. The van der Waals surface area contributed by atoms with Gasteiger partial charge in [-0.05, 0) is 44.6 Å². The number of carbonyl (C=O) groups excluding carboxylic acids is 2. The predicted molar refractivity (Wildman–Crippen MR) is 141 cm³/mol. The van der Waals surface area contributed by atoms with Crippen LogP contribution in [0.4, 0.5) is 4.79 Å². The van der Waals surface area contributed by atoms with Crippen LogP contribution in [0.2, 0.25) is 0 Å². The van der Waals surface area contributed by atoms with Crippen molar-refractivity contribution in [2.45, 2.75) is 103 Å². The van der Waals surface area contributed by atoms with Crippen LogP contribution in [0, 0.1) is 0 Å². The van der Waals surface area contributed by atoms with Crippen LogP contribution in [0.5, 0.6) is 0 Å². The molecule has 0 heterocycles. The smallest absolute Gasteiger partial charge is 0.407 e. The molecule has 194 valence electrons. The number of hydrogen-bond donors (Lipinski definition) is 2. The molecule has 0 aliphatic carbocycles. The first kappa shape index (κ1) is 30.0. The minimum absolute atomic E-state index is 0.0565. The van der Waals surface area contributed by atoms with Gasteiger partial charge >= 0.3 is 6.09 Å². The third-order valence-electron chi connectivity index (χ3n) is 6.21. The number of rotatable bonds is 21. The molecule has 6 heteroatoms. The van der Waals surface area contributed by atoms with Gasteiger partial charge in [0.15, 0.2) is 0 Å². The normalized spacial score (nSPS) is 11.9. The minimum atomic E-state index is -0.404. The van der Waals surface area contributed by atoms with Crippen molar-refractivity contribution in [1.29, 1.82) is 0 Å². The Morgan fingerprint density at radius 1 is 0.941 bits per heavy atom. The van der Waals surface area contributed by atoms with E-state index in [0.29, 0.717) is 6.54 Å². The summed E-state index contributed by atoms with van der Waals surface area (Å²) in [7, 11) is 4.02. The topological polar surface area (TPSA) is 70.7 Å². The molecule has 6 nitrogen and oxygen atoms in total. The SMILES string of the molecule is CCCCCCCCCCCCCC(NC=O)c1ccccc1COC(=O)NCCCN(C)C. The number of unbranched alkanes of at least 4 members (excludes halogenated alkanes) is 10. The molecule has 0 spiro atoms. The predicted octanol–water partition coefficient (Wildman–Crippen LogP) is 6.35. The van der Waals surface area contributed by atoms with Crippen LogP contribution in [0.3, 0.4) is 0 Å². The molecule has 1 aromatic carbocycles. The molecule has 1 atom stereocenters. The van der Waals surface area contributed by atoms with E-state index in [4.69, 9.17) is 4.74 Å². The molecule has 0 bridgehead atoms. The first-order valence-corrected chi connectivity index (χ1v) is 13.4. The highest BCUT2D eigenvalue weighted by atomic mass is 16.5. The van der Waals surface area contributed by atoms with Crippen LogP contribution in [0.25, 0.3) is 0 Å². The summed E-state index contributed by atoms with van der Waals surface area (Å²) in [6.45, 7) is 3.97. The maximum Gasteiger partial charge on any atom is 0.407 e. The van der Waals surface area contributed by atoms with E-state index in [1.807, 2.05) is 38.4 Å². The fourth-order valence-electron chi connectivity index (χ4n) is 4.21. The second-order valence-electron chi connectivity index (χ2n) is 9.52. The molecule has 34 heavy (non-hydrogen) atoms. The first-order valence-electron chi connectivity index (χ1n) is 13.4. The van der Waals surface area contributed by atoms with Gasteiger partial charge in [0.2, 0.25) is 6.41 Å². The molecule has 0 aromatic heterocycles. The van der Waals surface area contributed by atoms with Gasteiger partial charge in [-0.2, -0.15) is 0 Å². The molecule has 0 saturated carbocycles. The number of carbonyl (C=O) groups is 2. The van der Waals surface area contributed by atoms with Crippen molar-refractivity contribution >= 4 is 12.5 Å². The Kier molecular flexibility index (Phi) is 17.9. The highest BCUT2D eigenvalue weighted by Gasteiger charge is 2.15. The zero-order chi connectivity index (χ0) is 24.9. The highest BCUT2D eigenvalue weighted by Crippen LogP contribution is 2.24. The Bertz CT molecular complexity index is 652. The van der Waals surface area contributed by atoms with E-state index in [1.165, 1.54) is 64.2 Å². The maximum absolute atomic E-state index is 12.0. The Morgan fingerprint density at radius 2 is 1.56 bits per heavy atom. The van der Waals surface area contributed by atoms with Crippen molar-refractivity contribution in [2.24, 2.45) is 0 Å². The molecule has 1 unspecified atom stereocenters. The van der Waals surface area contributed by atoms with Crippen molar-refractivity contribution in [3.05, 3.63) is 35.4 Å². The fraction of sp³-hybridized carbons (Fsp3) is 0.714. The van der Waals surface area contributed by atoms with Crippen LogP contribution in [0.15, 0.2) is 24.3 Å². The average Bonchev–Trinajstić information content (AvgIpc) is 2.83. The van der Waals surface area contributed by atoms with E-state index in [0.717, 1.165) is 43.3 Å². The van der Waals surface area contributed by atoms with Gasteiger partial charge < -0.3 is 20.3 Å². The zero-order valence-electron chi connectivity index (χ0n) is 21.9. The Hall–Kier alpha value is -2.08.